The van der Waals surface area contributed by atoms with Crippen LogP contribution in [0.3, 0.4) is 0 Å². The largest absolute Gasteiger partial charge is 0.496 e. The first kappa shape index (κ1) is 15.6. The topological polar surface area (TPSA) is 61.8 Å². The predicted molar refractivity (Wildman–Crippen MR) is 81.3 cm³/mol. The van der Waals surface area contributed by atoms with Gasteiger partial charge in [-0.3, -0.25) is 0 Å². The number of rotatable bonds is 4. The van der Waals surface area contributed by atoms with E-state index < -0.39 is 0 Å². The van der Waals surface area contributed by atoms with Crippen LogP contribution in [0.15, 0.2) is 24.3 Å². The number of methoxy groups -OCH3 is 1. The number of hydrogen-bond acceptors (Lipinski definition) is 3. The molecule has 2 N–H and O–H groups in total. The summed E-state index contributed by atoms with van der Waals surface area (Å²) in [4.78, 5) is 14.1. The Balaban J connectivity index is 1.96. The van der Waals surface area contributed by atoms with Crippen molar-refractivity contribution in [2.75, 3.05) is 20.2 Å². The molecule has 116 valence electrons. The van der Waals surface area contributed by atoms with E-state index in [-0.39, 0.29) is 24.1 Å². The summed E-state index contributed by atoms with van der Waals surface area (Å²) >= 11 is 0. The Bertz CT molecular complexity index is 490. The molecule has 2 rings (SSSR count). The summed E-state index contributed by atoms with van der Waals surface area (Å²) in [6, 6.07) is 7.46. The molecule has 2 amide bonds. The van der Waals surface area contributed by atoms with Crippen LogP contribution in [0.1, 0.15) is 31.9 Å². The molecule has 5 nitrogen and oxygen atoms in total. The molecule has 21 heavy (non-hydrogen) atoms. The molecule has 1 aromatic carbocycles. The minimum absolute atomic E-state index is 0.0865. The molecular weight excluding hydrogens is 268 g/mol. The van der Waals surface area contributed by atoms with Gasteiger partial charge in [-0.1, -0.05) is 18.2 Å². The van der Waals surface area contributed by atoms with Crippen molar-refractivity contribution in [1.29, 1.82) is 0 Å². The molecule has 0 spiro atoms. The average Bonchev–Trinajstić information content (AvgIpc) is 2.97. The van der Waals surface area contributed by atoms with Crippen LogP contribution in [0, 0.1) is 5.92 Å². The number of para-hydroxylation sites is 1. The second-order valence-corrected chi connectivity index (χ2v) is 5.65. The summed E-state index contributed by atoms with van der Waals surface area (Å²) in [6.45, 7) is 5.03. The fraction of sp³-hybridized carbons (Fsp3) is 0.562. The van der Waals surface area contributed by atoms with Crippen LogP contribution in [0.25, 0.3) is 0 Å². The number of ether oxygens (including phenoxy) is 1. The normalized spacial score (nSPS) is 21.0. The minimum atomic E-state index is -0.366. The van der Waals surface area contributed by atoms with Gasteiger partial charge in [-0.15, -0.1) is 0 Å². The van der Waals surface area contributed by atoms with E-state index in [2.05, 4.69) is 5.32 Å². The first-order valence-electron chi connectivity index (χ1n) is 7.39. The Morgan fingerprint density at radius 2 is 2.14 bits per heavy atom. The lowest BCUT2D eigenvalue weighted by Crippen LogP contribution is -2.40. The number of nitrogens with zero attached hydrogens (tertiary/aromatic N) is 1. The number of hydrogen-bond donors (Lipinski definition) is 2. The van der Waals surface area contributed by atoms with Crippen molar-refractivity contribution in [2.45, 2.75) is 32.4 Å². The fourth-order valence-electron chi connectivity index (χ4n) is 2.74. The van der Waals surface area contributed by atoms with Crippen LogP contribution in [-0.4, -0.2) is 42.3 Å². The minimum Gasteiger partial charge on any atom is -0.496 e. The van der Waals surface area contributed by atoms with Gasteiger partial charge in [-0.05, 0) is 26.3 Å². The van der Waals surface area contributed by atoms with E-state index in [0.717, 1.165) is 17.7 Å². The van der Waals surface area contributed by atoms with Crippen molar-refractivity contribution < 1.29 is 14.6 Å². The highest BCUT2D eigenvalue weighted by molar-refractivity contribution is 5.75. The highest BCUT2D eigenvalue weighted by atomic mass is 16.5. The number of carbonyl (C=O) groups excluding carboxylic acids is 1. The van der Waals surface area contributed by atoms with Crippen LogP contribution in [-0.2, 0) is 0 Å². The quantitative estimate of drug-likeness (QED) is 0.894. The number of aliphatic hydroxyl groups is 1. The van der Waals surface area contributed by atoms with Crippen molar-refractivity contribution in [2.24, 2.45) is 5.92 Å². The summed E-state index contributed by atoms with van der Waals surface area (Å²) in [5, 5.41) is 12.6. The number of amides is 2. The number of nitrogens with one attached hydrogen (secondary N) is 1. The monoisotopic (exact) mass is 292 g/mol. The van der Waals surface area contributed by atoms with Gasteiger partial charge in [-0.25, -0.2) is 4.79 Å². The molecule has 1 heterocycles. The molecule has 1 fully saturated rings. The molecule has 1 aliphatic heterocycles. The van der Waals surface area contributed by atoms with Gasteiger partial charge < -0.3 is 20.1 Å². The van der Waals surface area contributed by atoms with E-state index in [1.165, 1.54) is 0 Å². The van der Waals surface area contributed by atoms with Crippen LogP contribution in [0.4, 0.5) is 4.79 Å². The molecule has 0 unspecified atom stereocenters. The molecule has 1 aliphatic rings. The number of likely N-dealkylation sites (tertiary alicyclic amines) is 1. The summed E-state index contributed by atoms with van der Waals surface area (Å²) in [5.41, 5.74) is 0.958. The molecule has 1 aromatic rings. The Kier molecular flexibility index (Phi) is 5.07. The van der Waals surface area contributed by atoms with Crippen molar-refractivity contribution in [3.8, 4) is 5.75 Å². The number of urea groups is 1. The van der Waals surface area contributed by atoms with Gasteiger partial charge in [0, 0.05) is 24.6 Å². The molecule has 1 saturated heterocycles. The fourth-order valence-corrected chi connectivity index (χ4v) is 2.74. The molecule has 0 radical (unpaired) electrons. The van der Waals surface area contributed by atoms with E-state index in [0.29, 0.717) is 13.1 Å². The Labute approximate surface area is 125 Å². The number of aliphatic hydroxyl groups excluding tert-OH is 1. The van der Waals surface area contributed by atoms with E-state index in [1.807, 2.05) is 31.2 Å². The Morgan fingerprint density at radius 3 is 2.76 bits per heavy atom. The molecule has 5 heteroatoms. The summed E-state index contributed by atoms with van der Waals surface area (Å²) < 4.78 is 5.32. The maximum atomic E-state index is 12.3. The predicted octanol–water partition coefficient (Wildman–Crippen LogP) is 2.17. The lowest BCUT2D eigenvalue weighted by Gasteiger charge is -2.22. The SMILES string of the molecule is COc1ccccc1[C@H](C)NC(=O)N1CC[C@@H]([C@H](C)O)C1. The van der Waals surface area contributed by atoms with Crippen molar-refractivity contribution in [1.82, 2.24) is 10.2 Å². The maximum absolute atomic E-state index is 12.3. The van der Waals surface area contributed by atoms with Crippen LogP contribution >= 0.6 is 0 Å². The molecule has 0 bridgehead atoms. The lowest BCUT2D eigenvalue weighted by atomic mass is 10.0. The second-order valence-electron chi connectivity index (χ2n) is 5.65. The average molecular weight is 292 g/mol. The van der Waals surface area contributed by atoms with Gasteiger partial charge in [-0.2, -0.15) is 0 Å². The molecule has 0 aliphatic carbocycles. The van der Waals surface area contributed by atoms with Crippen LogP contribution in [0.5, 0.6) is 5.75 Å². The van der Waals surface area contributed by atoms with Crippen LogP contribution < -0.4 is 10.1 Å². The second kappa shape index (κ2) is 6.80. The van der Waals surface area contributed by atoms with Gasteiger partial charge in [0.05, 0.1) is 19.3 Å². The highest BCUT2D eigenvalue weighted by Gasteiger charge is 2.29. The summed E-state index contributed by atoms with van der Waals surface area (Å²) in [7, 11) is 1.63. The van der Waals surface area contributed by atoms with Gasteiger partial charge >= 0.3 is 6.03 Å². The van der Waals surface area contributed by atoms with Crippen LogP contribution in [0.2, 0.25) is 0 Å². The Hall–Kier alpha value is -1.75. The van der Waals surface area contributed by atoms with E-state index in [9.17, 15) is 9.90 Å². The van der Waals surface area contributed by atoms with Gasteiger partial charge in [0.1, 0.15) is 5.75 Å². The van der Waals surface area contributed by atoms with Gasteiger partial charge in [0.15, 0.2) is 0 Å². The van der Waals surface area contributed by atoms with Crippen molar-refractivity contribution in [3.63, 3.8) is 0 Å². The molecule has 0 aromatic heterocycles. The highest BCUT2D eigenvalue weighted by Crippen LogP contribution is 2.25. The number of carbonyl (C=O) groups is 1. The van der Waals surface area contributed by atoms with Crippen molar-refractivity contribution in [3.05, 3.63) is 29.8 Å². The standard InChI is InChI=1S/C16H24N2O3/c1-11(14-6-4-5-7-15(14)21-3)17-16(20)18-9-8-13(10-18)12(2)19/h4-7,11-13,19H,8-10H2,1-3H3,(H,17,20)/t11-,12-,13+/m0/s1. The van der Waals surface area contributed by atoms with Crippen molar-refractivity contribution >= 4 is 6.03 Å². The van der Waals surface area contributed by atoms with Gasteiger partial charge in [0.2, 0.25) is 0 Å². The molecule has 0 saturated carbocycles. The zero-order valence-electron chi connectivity index (χ0n) is 12.9. The zero-order valence-corrected chi connectivity index (χ0v) is 12.9. The summed E-state index contributed by atoms with van der Waals surface area (Å²) in [6.07, 6.45) is 0.489. The first-order chi connectivity index (χ1) is 10.0. The smallest absolute Gasteiger partial charge is 0.317 e. The van der Waals surface area contributed by atoms with E-state index in [1.54, 1.807) is 18.9 Å². The number of benzene rings is 1. The zero-order chi connectivity index (χ0) is 15.4. The maximum Gasteiger partial charge on any atom is 0.317 e. The Morgan fingerprint density at radius 1 is 1.43 bits per heavy atom. The summed E-state index contributed by atoms with van der Waals surface area (Å²) in [5.74, 6) is 0.950. The third kappa shape index (κ3) is 3.67. The molecular formula is C16H24N2O3. The molecule has 3 atom stereocenters. The third-order valence-corrected chi connectivity index (χ3v) is 4.14. The third-order valence-electron chi connectivity index (χ3n) is 4.14. The lowest BCUT2D eigenvalue weighted by molar-refractivity contribution is 0.129. The van der Waals surface area contributed by atoms with Gasteiger partial charge in [0.25, 0.3) is 0 Å². The van der Waals surface area contributed by atoms with E-state index in [4.69, 9.17) is 4.74 Å². The first-order valence-corrected chi connectivity index (χ1v) is 7.39. The van der Waals surface area contributed by atoms with E-state index >= 15 is 0 Å².